The van der Waals surface area contributed by atoms with Gasteiger partial charge in [0.05, 0.1) is 12.0 Å². The molecule has 0 saturated heterocycles. The third-order valence-electron chi connectivity index (χ3n) is 2.86. The van der Waals surface area contributed by atoms with E-state index >= 15 is 0 Å². The Bertz CT molecular complexity index is 448. The van der Waals surface area contributed by atoms with Crippen molar-refractivity contribution in [1.29, 1.82) is 5.26 Å². The van der Waals surface area contributed by atoms with Crippen molar-refractivity contribution < 1.29 is 9.47 Å². The van der Waals surface area contributed by atoms with Gasteiger partial charge in [-0.25, -0.2) is 0 Å². The Morgan fingerprint density at radius 1 is 1.41 bits per heavy atom. The lowest BCUT2D eigenvalue weighted by Crippen LogP contribution is -1.96. The number of rotatable bonds is 5. The van der Waals surface area contributed by atoms with Gasteiger partial charge in [0, 0.05) is 0 Å². The molecule has 0 aromatic heterocycles. The summed E-state index contributed by atoms with van der Waals surface area (Å²) in [5, 5.41) is 9.18. The summed E-state index contributed by atoms with van der Waals surface area (Å²) >= 11 is 0. The molecular weight excluding hydrogens is 214 g/mol. The molecule has 0 fully saturated rings. The van der Waals surface area contributed by atoms with Crippen LogP contribution in [0.15, 0.2) is 30.9 Å². The highest BCUT2D eigenvalue weighted by atomic mass is 16.7. The van der Waals surface area contributed by atoms with Gasteiger partial charge in [0.1, 0.15) is 0 Å². The molecular formula is C14H15NO2. The fourth-order valence-corrected chi connectivity index (χ4v) is 1.90. The molecule has 0 spiro atoms. The average molecular weight is 229 g/mol. The molecule has 1 heterocycles. The van der Waals surface area contributed by atoms with E-state index in [0.29, 0.717) is 0 Å². The number of allylic oxidation sites excluding steroid dienone is 1. The number of benzene rings is 1. The average Bonchev–Trinajstić information content (AvgIpc) is 2.82. The summed E-state index contributed by atoms with van der Waals surface area (Å²) in [6, 6.07) is 8.05. The van der Waals surface area contributed by atoms with Gasteiger partial charge >= 0.3 is 0 Å². The van der Waals surface area contributed by atoms with Crippen molar-refractivity contribution in [2.45, 2.75) is 25.2 Å². The van der Waals surface area contributed by atoms with Gasteiger partial charge in [0.25, 0.3) is 0 Å². The van der Waals surface area contributed by atoms with Crippen LogP contribution < -0.4 is 9.47 Å². The summed E-state index contributed by atoms with van der Waals surface area (Å²) < 4.78 is 10.6. The normalized spacial score (nSPS) is 14.1. The number of nitriles is 1. The zero-order valence-corrected chi connectivity index (χ0v) is 9.69. The molecule has 0 radical (unpaired) electrons. The van der Waals surface area contributed by atoms with Gasteiger partial charge in [0.15, 0.2) is 11.5 Å². The Labute approximate surface area is 101 Å². The maximum absolute atomic E-state index is 9.18. The second-order valence-electron chi connectivity index (χ2n) is 4.01. The fourth-order valence-electron chi connectivity index (χ4n) is 1.90. The maximum Gasteiger partial charge on any atom is 0.231 e. The topological polar surface area (TPSA) is 42.2 Å². The monoisotopic (exact) mass is 229 g/mol. The first kappa shape index (κ1) is 11.5. The molecule has 3 nitrogen and oxygen atoms in total. The Balaban J connectivity index is 2.09. The lowest BCUT2D eigenvalue weighted by molar-refractivity contribution is 0.174. The van der Waals surface area contributed by atoms with Crippen molar-refractivity contribution in [1.82, 2.24) is 0 Å². The zero-order chi connectivity index (χ0) is 12.1. The molecule has 0 N–H and O–H groups in total. The number of hydrogen-bond acceptors (Lipinski definition) is 3. The molecule has 17 heavy (non-hydrogen) atoms. The molecule has 0 amide bonds. The number of ether oxygens (including phenoxy) is 2. The van der Waals surface area contributed by atoms with Crippen LogP contribution in [0.2, 0.25) is 0 Å². The van der Waals surface area contributed by atoms with Crippen LogP contribution in [-0.4, -0.2) is 6.79 Å². The third kappa shape index (κ3) is 2.59. The zero-order valence-electron chi connectivity index (χ0n) is 9.69. The van der Waals surface area contributed by atoms with Crippen LogP contribution in [0.5, 0.6) is 11.5 Å². The van der Waals surface area contributed by atoms with Gasteiger partial charge in [-0.3, -0.25) is 0 Å². The van der Waals surface area contributed by atoms with Crippen LogP contribution in [0, 0.1) is 11.3 Å². The minimum absolute atomic E-state index is 0.0792. The van der Waals surface area contributed by atoms with E-state index < -0.39 is 0 Å². The first-order valence-corrected chi connectivity index (χ1v) is 5.75. The van der Waals surface area contributed by atoms with Crippen molar-refractivity contribution in [3.05, 3.63) is 36.4 Å². The van der Waals surface area contributed by atoms with Crippen LogP contribution in [-0.2, 0) is 0 Å². The Morgan fingerprint density at radius 2 is 2.24 bits per heavy atom. The molecule has 0 bridgehead atoms. The molecule has 0 unspecified atom stereocenters. The van der Waals surface area contributed by atoms with Gasteiger partial charge in [-0.05, 0) is 37.0 Å². The van der Waals surface area contributed by atoms with Crippen molar-refractivity contribution >= 4 is 0 Å². The molecule has 0 aliphatic carbocycles. The number of hydrogen-bond donors (Lipinski definition) is 0. The molecule has 1 aromatic rings. The second kappa shape index (κ2) is 5.40. The number of fused-ring (bicyclic) bond motifs is 1. The minimum atomic E-state index is -0.0792. The largest absolute Gasteiger partial charge is 0.454 e. The van der Waals surface area contributed by atoms with Gasteiger partial charge < -0.3 is 9.47 Å². The van der Waals surface area contributed by atoms with Gasteiger partial charge in [-0.1, -0.05) is 12.1 Å². The number of nitrogens with zero attached hydrogens (tertiary/aromatic N) is 1. The Kier molecular flexibility index (Phi) is 3.66. The van der Waals surface area contributed by atoms with E-state index in [0.717, 1.165) is 36.3 Å². The molecule has 2 rings (SSSR count). The first-order valence-electron chi connectivity index (χ1n) is 5.75. The number of unbranched alkanes of at least 4 members (excludes halogenated alkanes) is 1. The van der Waals surface area contributed by atoms with E-state index in [9.17, 15) is 5.26 Å². The van der Waals surface area contributed by atoms with Crippen molar-refractivity contribution in [3.8, 4) is 17.6 Å². The summed E-state index contributed by atoms with van der Waals surface area (Å²) in [6.45, 7) is 3.95. The molecule has 1 aliphatic heterocycles. The molecule has 1 aliphatic rings. The predicted molar refractivity (Wildman–Crippen MR) is 65.0 cm³/mol. The first-order chi connectivity index (χ1) is 8.35. The van der Waals surface area contributed by atoms with E-state index in [1.54, 1.807) is 0 Å². The van der Waals surface area contributed by atoms with Gasteiger partial charge in [0.2, 0.25) is 6.79 Å². The van der Waals surface area contributed by atoms with Crippen LogP contribution in [0.25, 0.3) is 0 Å². The molecule has 1 aromatic carbocycles. The van der Waals surface area contributed by atoms with E-state index in [-0.39, 0.29) is 12.7 Å². The lowest BCUT2D eigenvalue weighted by atomic mass is 9.94. The smallest absolute Gasteiger partial charge is 0.231 e. The molecule has 88 valence electrons. The van der Waals surface area contributed by atoms with Crippen LogP contribution in [0.4, 0.5) is 0 Å². The van der Waals surface area contributed by atoms with Crippen molar-refractivity contribution in [2.24, 2.45) is 0 Å². The van der Waals surface area contributed by atoms with E-state index in [1.165, 1.54) is 0 Å². The second-order valence-corrected chi connectivity index (χ2v) is 4.01. The Hall–Kier alpha value is -1.95. The quantitative estimate of drug-likeness (QED) is 0.574. The van der Waals surface area contributed by atoms with E-state index in [2.05, 4.69) is 12.6 Å². The van der Waals surface area contributed by atoms with Gasteiger partial charge in [-0.2, -0.15) is 5.26 Å². The predicted octanol–water partition coefficient (Wildman–Crippen LogP) is 3.38. The third-order valence-corrected chi connectivity index (χ3v) is 2.86. The molecule has 0 saturated carbocycles. The maximum atomic E-state index is 9.18. The van der Waals surface area contributed by atoms with E-state index in [4.69, 9.17) is 9.47 Å². The van der Waals surface area contributed by atoms with Crippen LogP contribution >= 0.6 is 0 Å². The standard InChI is InChI=1S/C14H15NO2/c1-2-3-4-5-12(9-15)11-6-7-13-14(8-11)17-10-16-13/h2,6-8,12H,1,3-5,10H2/t12-/m0/s1. The molecule has 3 heteroatoms. The molecule has 1 atom stereocenters. The lowest BCUT2D eigenvalue weighted by Gasteiger charge is -2.09. The highest BCUT2D eigenvalue weighted by Crippen LogP contribution is 2.35. The van der Waals surface area contributed by atoms with Crippen LogP contribution in [0.3, 0.4) is 0 Å². The van der Waals surface area contributed by atoms with Crippen LogP contribution in [0.1, 0.15) is 30.7 Å². The minimum Gasteiger partial charge on any atom is -0.454 e. The Morgan fingerprint density at radius 3 is 3.00 bits per heavy atom. The summed E-state index contributed by atoms with van der Waals surface area (Å²) in [6.07, 6.45) is 4.66. The SMILES string of the molecule is C=CCCC[C@@H](C#N)c1ccc2c(c1)OCO2. The van der Waals surface area contributed by atoms with Crippen molar-refractivity contribution in [2.75, 3.05) is 6.79 Å². The van der Waals surface area contributed by atoms with Gasteiger partial charge in [-0.15, -0.1) is 6.58 Å². The highest BCUT2D eigenvalue weighted by Gasteiger charge is 2.17. The summed E-state index contributed by atoms with van der Waals surface area (Å²) in [7, 11) is 0. The summed E-state index contributed by atoms with van der Waals surface area (Å²) in [5.74, 6) is 1.42. The summed E-state index contributed by atoms with van der Waals surface area (Å²) in [5.41, 5.74) is 1.00. The van der Waals surface area contributed by atoms with Crippen molar-refractivity contribution in [3.63, 3.8) is 0 Å². The van der Waals surface area contributed by atoms with E-state index in [1.807, 2.05) is 24.3 Å². The fraction of sp³-hybridized carbons (Fsp3) is 0.357. The summed E-state index contributed by atoms with van der Waals surface area (Å²) in [4.78, 5) is 0. The highest BCUT2D eigenvalue weighted by molar-refractivity contribution is 5.46.